The molecule has 0 fully saturated rings. The van der Waals surface area contributed by atoms with Crippen LogP contribution in [0, 0.1) is 0 Å². The molecule has 0 aliphatic rings. The van der Waals surface area contributed by atoms with Gasteiger partial charge >= 0.3 is 10.4 Å². The molecule has 0 amide bonds. The number of hydrogen-bond acceptors (Lipinski definition) is 4. The third-order valence-corrected chi connectivity index (χ3v) is 4.52. The normalized spacial score (nSPS) is 14.3. The zero-order valence-electron chi connectivity index (χ0n) is 10.5. The van der Waals surface area contributed by atoms with Crippen molar-refractivity contribution in [3.63, 3.8) is 0 Å². The van der Waals surface area contributed by atoms with E-state index in [1.807, 2.05) is 39.3 Å². The SMILES string of the molecule is C[Si](C)(C)COS(=O)(=O)OC[Si](C)(C)C. The summed E-state index contributed by atoms with van der Waals surface area (Å²) in [4.78, 5) is 0. The molecule has 0 N–H and O–H groups in total. The van der Waals surface area contributed by atoms with Crippen LogP contribution in [0.2, 0.25) is 39.3 Å². The molecule has 0 spiro atoms. The highest BCUT2D eigenvalue weighted by molar-refractivity contribution is 7.82. The Kier molecular flexibility index (Phi) is 5.19. The van der Waals surface area contributed by atoms with E-state index in [9.17, 15) is 8.42 Å². The fraction of sp³-hybridized carbons (Fsp3) is 1.00. The van der Waals surface area contributed by atoms with Gasteiger partial charge in [-0.05, 0) is 0 Å². The molecule has 0 aromatic heterocycles. The highest BCUT2D eigenvalue weighted by atomic mass is 32.3. The van der Waals surface area contributed by atoms with Crippen molar-refractivity contribution in [1.82, 2.24) is 0 Å². The number of hydrogen-bond donors (Lipinski definition) is 0. The zero-order chi connectivity index (χ0) is 12.3. The zero-order valence-corrected chi connectivity index (χ0v) is 13.3. The van der Waals surface area contributed by atoms with Crippen molar-refractivity contribution in [3.05, 3.63) is 0 Å². The van der Waals surface area contributed by atoms with Gasteiger partial charge in [0.15, 0.2) is 0 Å². The van der Waals surface area contributed by atoms with E-state index in [4.69, 9.17) is 8.37 Å². The Morgan fingerprint density at radius 2 is 1.07 bits per heavy atom. The van der Waals surface area contributed by atoms with Crippen molar-refractivity contribution in [2.24, 2.45) is 0 Å². The Morgan fingerprint density at radius 3 is 1.27 bits per heavy atom. The van der Waals surface area contributed by atoms with Crippen molar-refractivity contribution in [1.29, 1.82) is 0 Å². The minimum Gasteiger partial charge on any atom is -0.252 e. The molecule has 0 atom stereocenters. The van der Waals surface area contributed by atoms with Crippen molar-refractivity contribution in [3.8, 4) is 0 Å². The van der Waals surface area contributed by atoms with E-state index in [0.717, 1.165) is 0 Å². The molecule has 7 heteroatoms. The second-order valence-electron chi connectivity index (χ2n) is 6.05. The highest BCUT2D eigenvalue weighted by Gasteiger charge is 2.23. The van der Waals surface area contributed by atoms with E-state index < -0.39 is 26.5 Å². The van der Waals surface area contributed by atoms with E-state index >= 15 is 0 Å². The minimum atomic E-state index is -3.78. The lowest BCUT2D eigenvalue weighted by molar-refractivity contribution is 0.258. The largest absolute Gasteiger partial charge is 0.399 e. The van der Waals surface area contributed by atoms with Crippen LogP contribution >= 0.6 is 0 Å². The average molecular weight is 270 g/mol. The van der Waals surface area contributed by atoms with Gasteiger partial charge < -0.3 is 0 Å². The fourth-order valence-corrected chi connectivity index (χ4v) is 4.58. The average Bonchev–Trinajstić information content (AvgIpc) is 1.96. The molecule has 4 nitrogen and oxygen atoms in total. The molecule has 0 saturated heterocycles. The molecular formula is C8H22O4SSi2. The van der Waals surface area contributed by atoms with E-state index in [0.29, 0.717) is 0 Å². The maximum absolute atomic E-state index is 11.3. The lowest BCUT2D eigenvalue weighted by Crippen LogP contribution is -2.33. The van der Waals surface area contributed by atoms with Gasteiger partial charge in [0, 0.05) is 0 Å². The van der Waals surface area contributed by atoms with Gasteiger partial charge in [0.25, 0.3) is 0 Å². The summed E-state index contributed by atoms with van der Waals surface area (Å²) in [7, 11) is -6.80. The molecule has 0 aromatic carbocycles. The summed E-state index contributed by atoms with van der Waals surface area (Å²) in [6.07, 6.45) is 0.558. The molecule has 0 radical (unpaired) electrons. The van der Waals surface area contributed by atoms with Crippen LogP contribution in [0.4, 0.5) is 0 Å². The van der Waals surface area contributed by atoms with Gasteiger partial charge in [0.05, 0.1) is 28.6 Å². The first-order valence-corrected chi connectivity index (χ1v) is 13.7. The van der Waals surface area contributed by atoms with Crippen molar-refractivity contribution < 1.29 is 16.8 Å². The van der Waals surface area contributed by atoms with Crippen LogP contribution in [-0.2, 0) is 18.8 Å². The molecule has 0 aliphatic carbocycles. The summed E-state index contributed by atoms with van der Waals surface area (Å²) < 4.78 is 32.3. The molecule has 0 heterocycles. The van der Waals surface area contributed by atoms with E-state index in [1.54, 1.807) is 0 Å². The Morgan fingerprint density at radius 1 is 0.800 bits per heavy atom. The second kappa shape index (κ2) is 5.09. The quantitative estimate of drug-likeness (QED) is 0.693. The predicted octanol–water partition coefficient (Wildman–Crippen LogP) is 2.02. The summed E-state index contributed by atoms with van der Waals surface area (Å²) in [5.74, 6) is 0. The lowest BCUT2D eigenvalue weighted by atomic mass is 11.7. The second-order valence-corrected chi connectivity index (χ2v) is 18.2. The summed E-state index contributed by atoms with van der Waals surface area (Å²) in [6.45, 7) is 12.3. The van der Waals surface area contributed by atoms with Gasteiger partial charge in [0.2, 0.25) is 0 Å². The molecule has 0 rings (SSSR count). The van der Waals surface area contributed by atoms with E-state index in [1.165, 1.54) is 0 Å². The molecule has 15 heavy (non-hydrogen) atoms. The smallest absolute Gasteiger partial charge is 0.252 e. The third-order valence-electron chi connectivity index (χ3n) is 1.27. The first kappa shape index (κ1) is 15.3. The van der Waals surface area contributed by atoms with Gasteiger partial charge in [0.1, 0.15) is 0 Å². The third kappa shape index (κ3) is 10.6. The molecule has 0 aliphatic heterocycles. The Bertz CT molecular complexity index is 263. The molecule has 92 valence electrons. The summed E-state index contributed by atoms with van der Waals surface area (Å²) in [5, 5.41) is 0. The minimum absolute atomic E-state index is 0.279. The van der Waals surface area contributed by atoms with Crippen LogP contribution in [0.3, 0.4) is 0 Å². The van der Waals surface area contributed by atoms with Crippen LogP contribution in [0.1, 0.15) is 0 Å². The molecule has 0 bridgehead atoms. The Labute approximate surface area is 95.3 Å². The maximum Gasteiger partial charge on any atom is 0.399 e. The van der Waals surface area contributed by atoms with Crippen LogP contribution in [0.25, 0.3) is 0 Å². The van der Waals surface area contributed by atoms with Crippen molar-refractivity contribution >= 4 is 26.5 Å². The number of rotatable bonds is 6. The van der Waals surface area contributed by atoms with Crippen LogP contribution in [-0.4, -0.2) is 37.0 Å². The van der Waals surface area contributed by atoms with Crippen LogP contribution in [0.15, 0.2) is 0 Å². The van der Waals surface area contributed by atoms with Gasteiger partial charge in [-0.1, -0.05) is 39.3 Å². The highest BCUT2D eigenvalue weighted by Crippen LogP contribution is 2.08. The molecule has 0 unspecified atom stereocenters. The van der Waals surface area contributed by atoms with Gasteiger partial charge in [-0.3, -0.25) is 8.37 Å². The first-order valence-electron chi connectivity index (χ1n) is 4.95. The standard InChI is InChI=1S/C8H22O4SSi2/c1-14(2,3)7-11-13(9,10)12-8-15(4,5)6/h7-8H2,1-6H3. The van der Waals surface area contributed by atoms with Crippen LogP contribution in [0.5, 0.6) is 0 Å². The Hall–Kier alpha value is 0.304. The van der Waals surface area contributed by atoms with Gasteiger partial charge in [-0.2, -0.15) is 8.42 Å². The summed E-state index contributed by atoms with van der Waals surface area (Å²) in [5.41, 5.74) is 0. The van der Waals surface area contributed by atoms with Crippen molar-refractivity contribution in [2.45, 2.75) is 39.3 Å². The molecule has 0 aromatic rings. The van der Waals surface area contributed by atoms with E-state index in [2.05, 4.69) is 0 Å². The maximum atomic E-state index is 11.3. The summed E-state index contributed by atoms with van der Waals surface area (Å²) >= 11 is 0. The van der Waals surface area contributed by atoms with Gasteiger partial charge in [-0.25, -0.2) is 0 Å². The van der Waals surface area contributed by atoms with Gasteiger partial charge in [-0.15, -0.1) is 0 Å². The lowest BCUT2D eigenvalue weighted by Gasteiger charge is -2.18. The fourth-order valence-electron chi connectivity index (χ4n) is 0.532. The monoisotopic (exact) mass is 270 g/mol. The van der Waals surface area contributed by atoms with E-state index in [-0.39, 0.29) is 12.5 Å². The topological polar surface area (TPSA) is 52.6 Å². The Balaban J connectivity index is 4.11. The van der Waals surface area contributed by atoms with Crippen molar-refractivity contribution in [2.75, 3.05) is 12.5 Å². The first-order chi connectivity index (χ1) is 6.41. The summed E-state index contributed by atoms with van der Waals surface area (Å²) in [6, 6.07) is 0. The predicted molar refractivity (Wildman–Crippen MR) is 67.5 cm³/mol. The molecular weight excluding hydrogens is 248 g/mol. The van der Waals surface area contributed by atoms with Crippen LogP contribution < -0.4 is 0 Å². The molecule has 0 saturated carbocycles.